The average Bonchev–Trinajstić information content (AvgIpc) is 2.71. The number of nitrogens with one attached hydrogen (secondary N) is 2. The van der Waals surface area contributed by atoms with Gasteiger partial charge in [-0.3, -0.25) is 20.4 Å². The summed E-state index contributed by atoms with van der Waals surface area (Å²) in [5.41, 5.74) is 5.16. The van der Waals surface area contributed by atoms with Gasteiger partial charge < -0.3 is 4.74 Å². The Morgan fingerprint density at radius 1 is 1.07 bits per heavy atom. The molecule has 0 bridgehead atoms. The first-order valence-corrected chi connectivity index (χ1v) is 10.7. The van der Waals surface area contributed by atoms with Gasteiger partial charge in [0.1, 0.15) is 16.5 Å². The Kier molecular flexibility index (Phi) is 7.90. The smallest absolute Gasteiger partial charge is 0.276 e. The van der Waals surface area contributed by atoms with E-state index in [-0.39, 0.29) is 25.3 Å². The molecule has 0 radical (unpaired) electrons. The van der Waals surface area contributed by atoms with Gasteiger partial charge in [-0.1, -0.05) is 26.0 Å². The first-order valence-electron chi connectivity index (χ1n) is 9.27. The Hall–Kier alpha value is -2.98. The molecule has 0 heterocycles. The van der Waals surface area contributed by atoms with Crippen LogP contribution in [0.5, 0.6) is 5.75 Å². The van der Waals surface area contributed by atoms with E-state index in [9.17, 15) is 22.4 Å². The number of hydrogen-bond acceptors (Lipinski definition) is 5. The Morgan fingerprint density at radius 3 is 2.40 bits per heavy atom. The van der Waals surface area contributed by atoms with E-state index >= 15 is 0 Å². The van der Waals surface area contributed by atoms with Gasteiger partial charge in [0.15, 0.2) is 6.61 Å². The number of nitrogens with zero attached hydrogens (tertiary/aromatic N) is 1. The molecule has 2 amide bonds. The molecule has 2 N–H and O–H groups in total. The number of ether oxygens (including phenoxy) is 1. The number of rotatable bonds is 8. The maximum atomic E-state index is 14.1. The fourth-order valence-corrected chi connectivity index (χ4v) is 4.18. The zero-order valence-electron chi connectivity index (χ0n) is 16.9. The standard InChI is InChI=1S/C20H24FN3O5S/c1-4-24(5-2)30(27,28)18-12-15(9-10-17(18)21)20(26)23-22-19(25)13-29-16-8-6-7-14(3)11-16/h6-12H,4-5,13H2,1-3H3,(H,22,25)(H,23,26). The summed E-state index contributed by atoms with van der Waals surface area (Å²) in [5.74, 6) is -1.88. The highest BCUT2D eigenvalue weighted by molar-refractivity contribution is 7.89. The van der Waals surface area contributed by atoms with Crippen LogP contribution >= 0.6 is 0 Å². The van der Waals surface area contributed by atoms with Crippen LogP contribution in [0.3, 0.4) is 0 Å². The molecular weight excluding hydrogens is 413 g/mol. The molecule has 0 aromatic heterocycles. The molecule has 10 heteroatoms. The Labute approximate surface area is 175 Å². The summed E-state index contributed by atoms with van der Waals surface area (Å²) in [4.78, 5) is 23.5. The van der Waals surface area contributed by atoms with Crippen LogP contribution in [0, 0.1) is 12.7 Å². The van der Waals surface area contributed by atoms with E-state index in [2.05, 4.69) is 10.9 Å². The third kappa shape index (κ3) is 5.77. The molecule has 8 nitrogen and oxygen atoms in total. The second-order valence-electron chi connectivity index (χ2n) is 6.34. The average molecular weight is 437 g/mol. The van der Waals surface area contributed by atoms with Gasteiger partial charge in [-0.25, -0.2) is 12.8 Å². The van der Waals surface area contributed by atoms with E-state index in [1.807, 2.05) is 13.0 Å². The third-order valence-corrected chi connectivity index (χ3v) is 6.26. The van der Waals surface area contributed by atoms with Gasteiger partial charge in [-0.05, 0) is 42.8 Å². The minimum absolute atomic E-state index is 0.123. The monoisotopic (exact) mass is 437 g/mol. The van der Waals surface area contributed by atoms with E-state index < -0.39 is 32.6 Å². The highest BCUT2D eigenvalue weighted by atomic mass is 32.2. The van der Waals surface area contributed by atoms with Crippen molar-refractivity contribution < 1.29 is 27.1 Å². The summed E-state index contributed by atoms with van der Waals surface area (Å²) in [5, 5.41) is 0. The molecule has 162 valence electrons. The maximum absolute atomic E-state index is 14.1. The maximum Gasteiger partial charge on any atom is 0.276 e. The summed E-state index contributed by atoms with van der Waals surface area (Å²) in [6.45, 7) is 5.12. The van der Waals surface area contributed by atoms with Gasteiger partial charge in [0.05, 0.1) is 0 Å². The molecule has 0 aliphatic heterocycles. The molecule has 0 saturated heterocycles. The quantitative estimate of drug-likeness (QED) is 0.615. The second-order valence-corrected chi connectivity index (χ2v) is 8.25. The second kappa shape index (κ2) is 10.2. The van der Waals surface area contributed by atoms with E-state index in [0.717, 1.165) is 28.1 Å². The lowest BCUT2D eigenvalue weighted by molar-refractivity contribution is -0.123. The van der Waals surface area contributed by atoms with Crippen molar-refractivity contribution in [2.75, 3.05) is 19.7 Å². The van der Waals surface area contributed by atoms with Gasteiger partial charge in [0, 0.05) is 18.7 Å². The molecule has 0 fully saturated rings. The van der Waals surface area contributed by atoms with Crippen molar-refractivity contribution in [1.29, 1.82) is 0 Å². The lowest BCUT2D eigenvalue weighted by Gasteiger charge is -2.19. The van der Waals surface area contributed by atoms with Crippen LogP contribution in [0.1, 0.15) is 29.8 Å². The van der Waals surface area contributed by atoms with Gasteiger partial charge in [-0.2, -0.15) is 4.31 Å². The molecular formula is C20H24FN3O5S. The minimum atomic E-state index is -4.09. The summed E-state index contributed by atoms with van der Waals surface area (Å²) in [6.07, 6.45) is 0. The van der Waals surface area contributed by atoms with Crippen molar-refractivity contribution in [3.63, 3.8) is 0 Å². The number of benzene rings is 2. The fourth-order valence-electron chi connectivity index (χ4n) is 2.63. The van der Waals surface area contributed by atoms with Crippen LogP contribution < -0.4 is 15.6 Å². The molecule has 0 atom stereocenters. The molecule has 2 aromatic rings. The van der Waals surface area contributed by atoms with Gasteiger partial charge >= 0.3 is 0 Å². The number of sulfonamides is 1. The SMILES string of the molecule is CCN(CC)S(=O)(=O)c1cc(C(=O)NNC(=O)COc2cccc(C)c2)ccc1F. The van der Waals surface area contributed by atoms with Crippen molar-refractivity contribution >= 4 is 21.8 Å². The van der Waals surface area contributed by atoms with E-state index in [4.69, 9.17) is 4.74 Å². The zero-order valence-corrected chi connectivity index (χ0v) is 17.8. The van der Waals surface area contributed by atoms with Crippen molar-refractivity contribution in [3.8, 4) is 5.75 Å². The van der Waals surface area contributed by atoms with Crippen LogP contribution in [0.4, 0.5) is 4.39 Å². The van der Waals surface area contributed by atoms with Crippen LogP contribution in [0.25, 0.3) is 0 Å². The number of hydrazine groups is 1. The molecule has 0 spiro atoms. The van der Waals surface area contributed by atoms with Crippen molar-refractivity contribution in [2.45, 2.75) is 25.7 Å². The number of aryl methyl sites for hydroxylation is 1. The Morgan fingerprint density at radius 2 is 1.77 bits per heavy atom. The molecule has 2 rings (SSSR count). The number of amides is 2. The molecule has 0 unspecified atom stereocenters. The van der Waals surface area contributed by atoms with E-state index in [1.54, 1.807) is 32.0 Å². The predicted molar refractivity (Wildman–Crippen MR) is 109 cm³/mol. The first kappa shape index (κ1) is 23.3. The minimum Gasteiger partial charge on any atom is -0.484 e. The number of carbonyl (C=O) groups is 2. The summed E-state index contributed by atoms with van der Waals surface area (Å²) in [7, 11) is -4.09. The highest BCUT2D eigenvalue weighted by Crippen LogP contribution is 2.20. The van der Waals surface area contributed by atoms with Crippen LogP contribution in [0.15, 0.2) is 47.4 Å². The normalized spacial score (nSPS) is 11.2. The van der Waals surface area contributed by atoms with Gasteiger partial charge in [0.2, 0.25) is 10.0 Å². The summed E-state index contributed by atoms with van der Waals surface area (Å²) < 4.78 is 45.7. The summed E-state index contributed by atoms with van der Waals surface area (Å²) >= 11 is 0. The van der Waals surface area contributed by atoms with E-state index in [1.165, 1.54) is 0 Å². The topological polar surface area (TPSA) is 105 Å². The van der Waals surface area contributed by atoms with Crippen LogP contribution in [0.2, 0.25) is 0 Å². The zero-order chi connectivity index (χ0) is 22.3. The van der Waals surface area contributed by atoms with Gasteiger partial charge in [0.25, 0.3) is 11.8 Å². The molecule has 0 aliphatic carbocycles. The Balaban J connectivity index is 2.02. The summed E-state index contributed by atoms with van der Waals surface area (Å²) in [6, 6.07) is 10.1. The molecule has 0 aliphatic rings. The Bertz CT molecular complexity index is 1020. The van der Waals surface area contributed by atoms with E-state index in [0.29, 0.717) is 5.75 Å². The van der Waals surface area contributed by atoms with Gasteiger partial charge in [-0.15, -0.1) is 0 Å². The van der Waals surface area contributed by atoms with Crippen LogP contribution in [-0.2, 0) is 14.8 Å². The lowest BCUT2D eigenvalue weighted by atomic mass is 10.2. The highest BCUT2D eigenvalue weighted by Gasteiger charge is 2.26. The number of hydrogen-bond donors (Lipinski definition) is 2. The number of halogens is 1. The van der Waals surface area contributed by atoms with Crippen molar-refractivity contribution in [1.82, 2.24) is 15.2 Å². The largest absolute Gasteiger partial charge is 0.484 e. The predicted octanol–water partition coefficient (Wildman–Crippen LogP) is 2.00. The third-order valence-electron chi connectivity index (χ3n) is 4.19. The van der Waals surface area contributed by atoms with Crippen LogP contribution in [-0.4, -0.2) is 44.2 Å². The first-order chi connectivity index (χ1) is 14.2. The fraction of sp³-hybridized carbons (Fsp3) is 0.300. The van der Waals surface area contributed by atoms with Crippen molar-refractivity contribution in [2.24, 2.45) is 0 Å². The molecule has 30 heavy (non-hydrogen) atoms. The van der Waals surface area contributed by atoms with Crippen molar-refractivity contribution in [3.05, 3.63) is 59.4 Å². The lowest BCUT2D eigenvalue weighted by Crippen LogP contribution is -2.44. The molecule has 2 aromatic carbocycles. The molecule has 0 saturated carbocycles. The number of carbonyl (C=O) groups excluding carboxylic acids is 2.